The largest absolute Gasteiger partial charge is 0.295 e. The summed E-state index contributed by atoms with van der Waals surface area (Å²) in [7, 11) is 0. The van der Waals surface area contributed by atoms with E-state index in [1.165, 1.54) is 38.8 Å². The Morgan fingerprint density at radius 1 is 0.875 bits per heavy atom. The Balaban J connectivity index is 1.98. The zero-order valence-electron chi connectivity index (χ0n) is 10.3. The molecule has 0 aliphatic carbocycles. The van der Waals surface area contributed by atoms with Crippen LogP contribution in [0.5, 0.6) is 0 Å². The third-order valence-electron chi connectivity index (χ3n) is 4.00. The Morgan fingerprint density at radius 2 is 1.31 bits per heavy atom. The number of rotatable bonds is 5. The van der Waals surface area contributed by atoms with Crippen molar-refractivity contribution < 1.29 is 0 Å². The molecule has 0 saturated carbocycles. The molecule has 2 heterocycles. The fourth-order valence-corrected chi connectivity index (χ4v) is 3.36. The van der Waals surface area contributed by atoms with E-state index in [-0.39, 0.29) is 0 Å². The van der Waals surface area contributed by atoms with E-state index in [1.807, 2.05) is 12.2 Å². The van der Waals surface area contributed by atoms with E-state index in [9.17, 15) is 0 Å². The fraction of sp³-hybridized carbons (Fsp3) is 0.714. The molecule has 2 nitrogen and oxygen atoms in total. The van der Waals surface area contributed by atoms with Crippen molar-refractivity contribution in [1.29, 1.82) is 0 Å². The minimum atomic E-state index is 0.764. The molecule has 0 spiro atoms. The highest BCUT2D eigenvalue weighted by molar-refractivity contribution is 4.96. The SMILES string of the molecule is C=CCN1CCCC1C1CCCN1CC=C. The number of nitrogens with zero attached hydrogens (tertiary/aromatic N) is 2. The van der Waals surface area contributed by atoms with E-state index in [1.54, 1.807) is 0 Å². The second-order valence-corrected chi connectivity index (χ2v) is 4.99. The molecule has 2 atom stereocenters. The van der Waals surface area contributed by atoms with Gasteiger partial charge < -0.3 is 0 Å². The summed E-state index contributed by atoms with van der Waals surface area (Å²) in [6.45, 7) is 12.4. The van der Waals surface area contributed by atoms with Gasteiger partial charge in [-0.3, -0.25) is 9.80 Å². The predicted octanol–water partition coefficient (Wildman–Crippen LogP) is 2.29. The lowest BCUT2D eigenvalue weighted by Crippen LogP contribution is -2.46. The monoisotopic (exact) mass is 220 g/mol. The number of hydrogen-bond donors (Lipinski definition) is 0. The van der Waals surface area contributed by atoms with E-state index in [2.05, 4.69) is 23.0 Å². The van der Waals surface area contributed by atoms with Crippen molar-refractivity contribution in [2.24, 2.45) is 0 Å². The second kappa shape index (κ2) is 5.65. The summed E-state index contributed by atoms with van der Waals surface area (Å²) in [5.74, 6) is 0. The molecule has 0 N–H and O–H groups in total. The lowest BCUT2D eigenvalue weighted by atomic mass is 10.0. The van der Waals surface area contributed by atoms with Crippen LogP contribution in [0.3, 0.4) is 0 Å². The smallest absolute Gasteiger partial charge is 0.0255 e. The molecule has 2 unspecified atom stereocenters. The molecule has 16 heavy (non-hydrogen) atoms. The van der Waals surface area contributed by atoms with Crippen molar-refractivity contribution in [2.45, 2.75) is 37.8 Å². The van der Waals surface area contributed by atoms with Crippen LogP contribution in [0, 0.1) is 0 Å². The van der Waals surface area contributed by atoms with E-state index >= 15 is 0 Å². The molecule has 0 aromatic heterocycles. The van der Waals surface area contributed by atoms with Crippen molar-refractivity contribution in [2.75, 3.05) is 26.2 Å². The van der Waals surface area contributed by atoms with Gasteiger partial charge in [0, 0.05) is 25.2 Å². The lowest BCUT2D eigenvalue weighted by Gasteiger charge is -2.34. The average molecular weight is 220 g/mol. The van der Waals surface area contributed by atoms with Gasteiger partial charge in [-0.2, -0.15) is 0 Å². The molecule has 2 heteroatoms. The van der Waals surface area contributed by atoms with Crippen LogP contribution in [-0.4, -0.2) is 48.1 Å². The van der Waals surface area contributed by atoms with E-state index < -0.39 is 0 Å². The molecule has 2 fully saturated rings. The molecule has 2 rings (SSSR count). The first kappa shape index (κ1) is 11.9. The van der Waals surface area contributed by atoms with Gasteiger partial charge in [-0.15, -0.1) is 13.2 Å². The van der Waals surface area contributed by atoms with Gasteiger partial charge in [-0.25, -0.2) is 0 Å². The topological polar surface area (TPSA) is 6.48 Å². The van der Waals surface area contributed by atoms with Crippen molar-refractivity contribution in [3.63, 3.8) is 0 Å². The average Bonchev–Trinajstić information content (AvgIpc) is 2.87. The van der Waals surface area contributed by atoms with Crippen LogP contribution in [0.4, 0.5) is 0 Å². The van der Waals surface area contributed by atoms with E-state index in [0.717, 1.165) is 25.2 Å². The van der Waals surface area contributed by atoms with E-state index in [4.69, 9.17) is 0 Å². The quantitative estimate of drug-likeness (QED) is 0.656. The van der Waals surface area contributed by atoms with Crippen molar-refractivity contribution in [1.82, 2.24) is 9.80 Å². The van der Waals surface area contributed by atoms with Gasteiger partial charge >= 0.3 is 0 Å². The van der Waals surface area contributed by atoms with Gasteiger partial charge in [0.2, 0.25) is 0 Å². The van der Waals surface area contributed by atoms with Crippen LogP contribution >= 0.6 is 0 Å². The van der Waals surface area contributed by atoms with Crippen LogP contribution in [0.25, 0.3) is 0 Å². The van der Waals surface area contributed by atoms with Gasteiger partial charge in [-0.1, -0.05) is 12.2 Å². The first-order valence-electron chi connectivity index (χ1n) is 6.56. The number of likely N-dealkylation sites (tertiary alicyclic amines) is 2. The maximum Gasteiger partial charge on any atom is 0.0255 e. The van der Waals surface area contributed by atoms with Crippen LogP contribution in [0.1, 0.15) is 25.7 Å². The molecule has 0 aromatic carbocycles. The van der Waals surface area contributed by atoms with Crippen LogP contribution in [-0.2, 0) is 0 Å². The predicted molar refractivity (Wildman–Crippen MR) is 69.6 cm³/mol. The molecule has 2 aliphatic heterocycles. The lowest BCUT2D eigenvalue weighted by molar-refractivity contribution is 0.153. The minimum Gasteiger partial charge on any atom is -0.295 e. The third-order valence-corrected chi connectivity index (χ3v) is 4.00. The minimum absolute atomic E-state index is 0.764. The number of hydrogen-bond acceptors (Lipinski definition) is 2. The Kier molecular flexibility index (Phi) is 4.19. The van der Waals surface area contributed by atoms with Crippen LogP contribution in [0.2, 0.25) is 0 Å². The first-order valence-corrected chi connectivity index (χ1v) is 6.56. The Bertz CT molecular complexity index is 223. The molecular weight excluding hydrogens is 196 g/mol. The third kappa shape index (κ3) is 2.38. The second-order valence-electron chi connectivity index (χ2n) is 4.99. The molecule has 90 valence electrons. The molecule has 0 bridgehead atoms. The van der Waals surface area contributed by atoms with E-state index in [0.29, 0.717) is 0 Å². The first-order chi connectivity index (χ1) is 7.86. The molecule has 2 saturated heterocycles. The van der Waals surface area contributed by atoms with Crippen LogP contribution < -0.4 is 0 Å². The standard InChI is InChI=1S/C14H24N2/c1-3-9-15-11-5-7-13(15)14-8-6-12-16(14)10-4-2/h3-4,13-14H,1-2,5-12H2. The Hall–Kier alpha value is -0.600. The molecule has 0 amide bonds. The summed E-state index contributed by atoms with van der Waals surface area (Å²) in [5.41, 5.74) is 0. The molecule has 2 aliphatic rings. The maximum absolute atomic E-state index is 3.87. The summed E-state index contributed by atoms with van der Waals surface area (Å²) in [4.78, 5) is 5.22. The Labute approximate surface area is 99.6 Å². The highest BCUT2D eigenvalue weighted by Gasteiger charge is 2.36. The van der Waals surface area contributed by atoms with Crippen molar-refractivity contribution >= 4 is 0 Å². The molecular formula is C14H24N2. The summed E-state index contributed by atoms with van der Waals surface area (Å²) in [5, 5.41) is 0. The van der Waals surface area contributed by atoms with Crippen molar-refractivity contribution in [3.05, 3.63) is 25.3 Å². The summed E-state index contributed by atoms with van der Waals surface area (Å²) in [6, 6.07) is 1.53. The fourth-order valence-electron chi connectivity index (χ4n) is 3.36. The van der Waals surface area contributed by atoms with Crippen LogP contribution in [0.15, 0.2) is 25.3 Å². The van der Waals surface area contributed by atoms with Gasteiger partial charge in [-0.05, 0) is 38.8 Å². The maximum atomic E-state index is 3.87. The Morgan fingerprint density at radius 3 is 1.69 bits per heavy atom. The summed E-state index contributed by atoms with van der Waals surface area (Å²) >= 11 is 0. The zero-order chi connectivity index (χ0) is 11.4. The summed E-state index contributed by atoms with van der Waals surface area (Å²) in [6.07, 6.45) is 9.54. The van der Waals surface area contributed by atoms with Gasteiger partial charge in [0.1, 0.15) is 0 Å². The van der Waals surface area contributed by atoms with Crippen molar-refractivity contribution in [3.8, 4) is 0 Å². The summed E-state index contributed by atoms with van der Waals surface area (Å²) < 4.78 is 0. The van der Waals surface area contributed by atoms with Gasteiger partial charge in [0.15, 0.2) is 0 Å². The zero-order valence-corrected chi connectivity index (χ0v) is 10.3. The highest BCUT2D eigenvalue weighted by atomic mass is 15.3. The van der Waals surface area contributed by atoms with Gasteiger partial charge in [0.25, 0.3) is 0 Å². The normalized spacial score (nSPS) is 32.0. The van der Waals surface area contributed by atoms with Gasteiger partial charge in [0.05, 0.1) is 0 Å². The molecule has 0 radical (unpaired) electrons. The molecule has 0 aromatic rings. The highest BCUT2D eigenvalue weighted by Crippen LogP contribution is 2.29.